The van der Waals surface area contributed by atoms with Crippen LogP contribution in [0, 0.1) is 0 Å². The van der Waals surface area contributed by atoms with Gasteiger partial charge in [0.2, 0.25) is 0 Å². The van der Waals surface area contributed by atoms with E-state index in [1.165, 1.54) is 5.69 Å². The van der Waals surface area contributed by atoms with Gasteiger partial charge in [-0.15, -0.1) is 0 Å². The van der Waals surface area contributed by atoms with Crippen LogP contribution in [0.15, 0.2) is 12.5 Å². The predicted molar refractivity (Wildman–Crippen MR) is 73.6 cm³/mol. The molecule has 18 heavy (non-hydrogen) atoms. The van der Waals surface area contributed by atoms with Crippen molar-refractivity contribution in [1.82, 2.24) is 19.8 Å². The topological polar surface area (TPSA) is 42.3 Å². The van der Waals surface area contributed by atoms with Crippen molar-refractivity contribution in [3.8, 4) is 0 Å². The lowest BCUT2D eigenvalue weighted by molar-refractivity contribution is 0.199. The third-order valence-electron chi connectivity index (χ3n) is 3.14. The highest BCUT2D eigenvalue weighted by Gasteiger charge is 2.04. The maximum Gasteiger partial charge on any atom is 0.0949 e. The molecule has 0 saturated heterocycles. The number of nitrogens with zero attached hydrogens (tertiary/aromatic N) is 3. The molecule has 1 heterocycles. The third kappa shape index (κ3) is 5.16. The summed E-state index contributed by atoms with van der Waals surface area (Å²) in [6, 6.07) is 0. The first-order valence-electron chi connectivity index (χ1n) is 6.72. The molecule has 0 radical (unpaired) electrons. The Bertz CT molecular complexity index is 310. The Morgan fingerprint density at radius 1 is 1.39 bits per heavy atom. The summed E-state index contributed by atoms with van der Waals surface area (Å²) in [5, 5.41) is 3.35. The normalized spacial score (nSPS) is 11.3. The van der Waals surface area contributed by atoms with Gasteiger partial charge in [-0.1, -0.05) is 13.8 Å². The van der Waals surface area contributed by atoms with Crippen molar-refractivity contribution in [2.24, 2.45) is 0 Å². The fourth-order valence-corrected chi connectivity index (χ4v) is 1.88. The zero-order valence-electron chi connectivity index (χ0n) is 11.9. The van der Waals surface area contributed by atoms with Crippen LogP contribution in [0.2, 0.25) is 0 Å². The van der Waals surface area contributed by atoms with Gasteiger partial charge in [-0.05, 0) is 13.1 Å². The van der Waals surface area contributed by atoms with E-state index >= 15 is 0 Å². The minimum atomic E-state index is 0.744. The highest BCUT2D eigenvalue weighted by Crippen LogP contribution is 2.00. The summed E-state index contributed by atoms with van der Waals surface area (Å²) < 4.78 is 7.23. The smallest absolute Gasteiger partial charge is 0.0949 e. The van der Waals surface area contributed by atoms with Crippen molar-refractivity contribution >= 4 is 0 Å². The van der Waals surface area contributed by atoms with E-state index in [2.05, 4.69) is 33.6 Å². The Kier molecular flexibility index (Phi) is 7.64. The minimum Gasteiger partial charge on any atom is -0.383 e. The number of methoxy groups -OCH3 is 1. The van der Waals surface area contributed by atoms with E-state index in [1.54, 1.807) is 7.11 Å². The minimum absolute atomic E-state index is 0.744. The lowest BCUT2D eigenvalue weighted by atomic mass is 10.4. The van der Waals surface area contributed by atoms with Gasteiger partial charge in [-0.25, -0.2) is 4.98 Å². The van der Waals surface area contributed by atoms with Gasteiger partial charge in [0.25, 0.3) is 0 Å². The SMILES string of the molecule is CCN(CC)CCn1cncc1CNCCOC. The van der Waals surface area contributed by atoms with Gasteiger partial charge >= 0.3 is 0 Å². The molecule has 0 unspecified atom stereocenters. The number of hydrogen-bond acceptors (Lipinski definition) is 4. The second kappa shape index (κ2) is 9.08. The number of nitrogens with one attached hydrogen (secondary N) is 1. The van der Waals surface area contributed by atoms with Crippen molar-refractivity contribution < 1.29 is 4.74 Å². The highest BCUT2D eigenvalue weighted by atomic mass is 16.5. The molecule has 0 aliphatic heterocycles. The molecule has 1 aromatic heterocycles. The average molecular weight is 254 g/mol. The van der Waals surface area contributed by atoms with E-state index < -0.39 is 0 Å². The quantitative estimate of drug-likeness (QED) is 0.632. The fourth-order valence-electron chi connectivity index (χ4n) is 1.88. The Hall–Kier alpha value is -0.910. The van der Waals surface area contributed by atoms with E-state index in [0.717, 1.165) is 45.9 Å². The number of hydrogen-bond donors (Lipinski definition) is 1. The maximum atomic E-state index is 5.01. The van der Waals surface area contributed by atoms with Crippen LogP contribution < -0.4 is 5.32 Å². The molecule has 1 aromatic rings. The summed E-state index contributed by atoms with van der Waals surface area (Å²) in [6.07, 6.45) is 3.85. The molecule has 0 amide bonds. The molecule has 0 spiro atoms. The molecule has 1 N–H and O–H groups in total. The third-order valence-corrected chi connectivity index (χ3v) is 3.14. The van der Waals surface area contributed by atoms with Gasteiger partial charge in [-0.3, -0.25) is 0 Å². The van der Waals surface area contributed by atoms with Gasteiger partial charge in [-0.2, -0.15) is 0 Å². The molecule has 0 saturated carbocycles. The summed E-state index contributed by atoms with van der Waals surface area (Å²) in [4.78, 5) is 6.64. The van der Waals surface area contributed by atoms with Gasteiger partial charge in [0.1, 0.15) is 0 Å². The second-order valence-corrected chi connectivity index (χ2v) is 4.27. The Morgan fingerprint density at radius 2 is 2.17 bits per heavy atom. The van der Waals surface area contributed by atoms with E-state index in [-0.39, 0.29) is 0 Å². The van der Waals surface area contributed by atoms with Crippen molar-refractivity contribution in [3.63, 3.8) is 0 Å². The molecule has 0 aromatic carbocycles. The lowest BCUT2D eigenvalue weighted by Gasteiger charge is -2.19. The van der Waals surface area contributed by atoms with Crippen molar-refractivity contribution in [1.29, 1.82) is 0 Å². The van der Waals surface area contributed by atoms with Crippen LogP contribution in [-0.4, -0.2) is 54.3 Å². The molecule has 5 heteroatoms. The molecule has 104 valence electrons. The average Bonchev–Trinajstić information content (AvgIpc) is 2.83. The van der Waals surface area contributed by atoms with Crippen LogP contribution in [-0.2, 0) is 17.8 Å². The van der Waals surface area contributed by atoms with Gasteiger partial charge < -0.3 is 19.5 Å². The van der Waals surface area contributed by atoms with E-state index in [0.29, 0.717) is 0 Å². The molecule has 0 fully saturated rings. The summed E-state index contributed by atoms with van der Waals surface area (Å²) in [6.45, 7) is 11.2. The van der Waals surface area contributed by atoms with Crippen molar-refractivity contribution in [2.45, 2.75) is 26.9 Å². The standard InChI is InChI=1S/C13H26N4O/c1-4-16(5-2)7-8-17-12-15-11-13(17)10-14-6-9-18-3/h11-12,14H,4-10H2,1-3H3. The molecular formula is C13H26N4O. The Balaban J connectivity index is 2.34. The van der Waals surface area contributed by atoms with E-state index in [4.69, 9.17) is 4.74 Å². The molecule has 0 aliphatic carbocycles. The highest BCUT2D eigenvalue weighted by molar-refractivity contribution is 4.97. The van der Waals surface area contributed by atoms with Crippen LogP contribution in [0.5, 0.6) is 0 Å². The summed E-state index contributed by atoms with van der Waals surface area (Å²) in [5.74, 6) is 0. The molecular weight excluding hydrogens is 228 g/mol. The van der Waals surface area contributed by atoms with Gasteiger partial charge in [0.05, 0.1) is 18.6 Å². The number of ether oxygens (including phenoxy) is 1. The summed E-state index contributed by atoms with van der Waals surface area (Å²) in [5.41, 5.74) is 1.23. The van der Waals surface area contributed by atoms with Gasteiger partial charge in [0.15, 0.2) is 0 Å². The Labute approximate surface area is 110 Å². The second-order valence-electron chi connectivity index (χ2n) is 4.27. The maximum absolute atomic E-state index is 5.01. The molecule has 1 rings (SSSR count). The first kappa shape index (κ1) is 15.1. The number of aromatic nitrogens is 2. The molecule has 0 atom stereocenters. The first-order valence-corrected chi connectivity index (χ1v) is 6.72. The fraction of sp³-hybridized carbons (Fsp3) is 0.769. The van der Waals surface area contributed by atoms with Crippen LogP contribution in [0.1, 0.15) is 19.5 Å². The first-order chi connectivity index (χ1) is 8.81. The van der Waals surface area contributed by atoms with Crippen molar-refractivity contribution in [3.05, 3.63) is 18.2 Å². The van der Waals surface area contributed by atoms with Crippen LogP contribution in [0.3, 0.4) is 0 Å². The van der Waals surface area contributed by atoms with E-state index in [9.17, 15) is 0 Å². The molecule has 0 bridgehead atoms. The molecule has 0 aliphatic rings. The van der Waals surface area contributed by atoms with E-state index in [1.807, 2.05) is 12.5 Å². The Morgan fingerprint density at radius 3 is 2.83 bits per heavy atom. The van der Waals surface area contributed by atoms with Crippen molar-refractivity contribution in [2.75, 3.05) is 39.9 Å². The van der Waals surface area contributed by atoms with Crippen LogP contribution in [0.4, 0.5) is 0 Å². The number of likely N-dealkylation sites (N-methyl/N-ethyl adjacent to an activating group) is 1. The largest absolute Gasteiger partial charge is 0.383 e. The summed E-state index contributed by atoms with van der Waals surface area (Å²) in [7, 11) is 1.72. The zero-order valence-corrected chi connectivity index (χ0v) is 11.9. The monoisotopic (exact) mass is 254 g/mol. The molecule has 5 nitrogen and oxygen atoms in total. The zero-order chi connectivity index (χ0) is 13.2. The lowest BCUT2D eigenvalue weighted by Crippen LogP contribution is -2.28. The number of imidazole rings is 1. The predicted octanol–water partition coefficient (Wildman–Crippen LogP) is 0.961. The number of rotatable bonds is 10. The van der Waals surface area contributed by atoms with Crippen LogP contribution >= 0.6 is 0 Å². The van der Waals surface area contributed by atoms with Crippen LogP contribution in [0.25, 0.3) is 0 Å². The van der Waals surface area contributed by atoms with Gasteiger partial charge in [0, 0.05) is 39.5 Å². The summed E-state index contributed by atoms with van der Waals surface area (Å²) >= 11 is 0.